The van der Waals surface area contributed by atoms with Crippen LogP contribution in [-0.2, 0) is 16.1 Å². The van der Waals surface area contributed by atoms with E-state index >= 15 is 0 Å². The number of aliphatic carboxylic acids is 1. The summed E-state index contributed by atoms with van der Waals surface area (Å²) in [7, 11) is 0. The van der Waals surface area contributed by atoms with Gasteiger partial charge >= 0.3 is 5.97 Å². The van der Waals surface area contributed by atoms with E-state index in [1.54, 1.807) is 0 Å². The molecule has 0 unspecified atom stereocenters. The van der Waals surface area contributed by atoms with E-state index in [-0.39, 0.29) is 6.42 Å². The molecule has 2 rings (SSSR count). The molecular weight excluding hydrogens is 361 g/mol. The molecule has 2 N–H and O–H groups in total. The Kier molecular flexibility index (Phi) is 6.90. The van der Waals surface area contributed by atoms with Crippen molar-refractivity contribution in [3.05, 3.63) is 52.6 Å². The second kappa shape index (κ2) is 9.14. The largest absolute Gasteiger partial charge is 0.480 e. The van der Waals surface area contributed by atoms with Gasteiger partial charge in [-0.25, -0.2) is 13.9 Å². The second-order valence-corrected chi connectivity index (χ2v) is 6.45. The number of aromatic nitrogens is 2. The van der Waals surface area contributed by atoms with Crippen molar-refractivity contribution in [1.82, 2.24) is 15.1 Å². The molecule has 2 aromatic rings. The zero-order valence-electron chi connectivity index (χ0n) is 14.0. The van der Waals surface area contributed by atoms with E-state index in [1.807, 2.05) is 6.26 Å². The van der Waals surface area contributed by atoms with Gasteiger partial charge in [0.2, 0.25) is 5.91 Å². The molecule has 0 fully saturated rings. The Bertz CT molecular complexity index is 839. The van der Waals surface area contributed by atoms with Gasteiger partial charge in [0.05, 0.1) is 5.69 Å². The van der Waals surface area contributed by atoms with Gasteiger partial charge in [-0.2, -0.15) is 16.9 Å². The van der Waals surface area contributed by atoms with Gasteiger partial charge in [0.25, 0.3) is 5.56 Å². The molecule has 1 aromatic heterocycles. The van der Waals surface area contributed by atoms with E-state index in [4.69, 9.17) is 5.11 Å². The highest BCUT2D eigenvalue weighted by Crippen LogP contribution is 2.15. The van der Waals surface area contributed by atoms with Crippen LogP contribution in [0.4, 0.5) is 4.39 Å². The first-order chi connectivity index (χ1) is 12.4. The van der Waals surface area contributed by atoms with Gasteiger partial charge in [0.1, 0.15) is 18.4 Å². The third-order valence-electron chi connectivity index (χ3n) is 3.54. The van der Waals surface area contributed by atoms with Crippen LogP contribution in [0.1, 0.15) is 6.42 Å². The average Bonchev–Trinajstić information content (AvgIpc) is 2.61. The lowest BCUT2D eigenvalue weighted by molar-refractivity contribution is -0.142. The number of benzene rings is 1. The molecule has 26 heavy (non-hydrogen) atoms. The molecule has 0 spiro atoms. The molecule has 1 atom stereocenters. The maximum Gasteiger partial charge on any atom is 0.326 e. The maximum atomic E-state index is 13.0. The summed E-state index contributed by atoms with van der Waals surface area (Å²) in [5.41, 5.74) is 0.487. The Morgan fingerprint density at radius 1 is 1.27 bits per heavy atom. The molecule has 0 aliphatic rings. The molecule has 1 amide bonds. The zero-order chi connectivity index (χ0) is 19.1. The Balaban J connectivity index is 2.14. The summed E-state index contributed by atoms with van der Waals surface area (Å²) in [6, 6.07) is 7.25. The number of carbonyl (C=O) groups excluding carboxylic acids is 1. The molecule has 0 saturated heterocycles. The molecule has 0 saturated carbocycles. The highest BCUT2D eigenvalue weighted by Gasteiger charge is 2.20. The van der Waals surface area contributed by atoms with Crippen molar-refractivity contribution in [2.45, 2.75) is 19.0 Å². The molecule has 138 valence electrons. The van der Waals surface area contributed by atoms with Crippen LogP contribution in [-0.4, -0.2) is 44.8 Å². The predicted molar refractivity (Wildman–Crippen MR) is 96.5 cm³/mol. The summed E-state index contributed by atoms with van der Waals surface area (Å²) in [6.07, 6.45) is 2.12. The van der Waals surface area contributed by atoms with Crippen LogP contribution >= 0.6 is 11.8 Å². The number of nitrogens with zero attached hydrogens (tertiary/aromatic N) is 2. The van der Waals surface area contributed by atoms with Crippen molar-refractivity contribution in [2.75, 3.05) is 12.0 Å². The summed E-state index contributed by atoms with van der Waals surface area (Å²) in [4.78, 5) is 35.2. The first-order valence-electron chi connectivity index (χ1n) is 7.76. The lowest BCUT2D eigenvalue weighted by atomic mass is 10.1. The zero-order valence-corrected chi connectivity index (χ0v) is 14.8. The molecule has 1 aromatic carbocycles. The Morgan fingerprint density at radius 3 is 2.58 bits per heavy atom. The van der Waals surface area contributed by atoms with Gasteiger partial charge in [-0.15, -0.1) is 0 Å². The fraction of sp³-hybridized carbons (Fsp3) is 0.294. The number of halogens is 1. The summed E-state index contributed by atoms with van der Waals surface area (Å²) in [5, 5.41) is 15.6. The van der Waals surface area contributed by atoms with Gasteiger partial charge in [0, 0.05) is 11.6 Å². The lowest BCUT2D eigenvalue weighted by Crippen LogP contribution is -2.44. The van der Waals surface area contributed by atoms with E-state index in [0.29, 0.717) is 17.0 Å². The highest BCUT2D eigenvalue weighted by molar-refractivity contribution is 7.98. The number of hydrogen-bond acceptors (Lipinski definition) is 5. The van der Waals surface area contributed by atoms with Gasteiger partial charge < -0.3 is 10.4 Å². The number of rotatable bonds is 8. The SMILES string of the molecule is CSCC[C@H](NC(=O)Cn1nc(-c2ccc(F)cc2)ccc1=O)C(=O)O. The van der Waals surface area contributed by atoms with Crippen molar-refractivity contribution >= 4 is 23.6 Å². The standard InChI is InChI=1S/C17H18FN3O4S/c1-26-9-8-14(17(24)25)19-15(22)10-21-16(23)7-6-13(20-21)11-2-4-12(18)5-3-11/h2-7,14H,8-10H2,1H3,(H,19,22)(H,24,25)/t14-/m0/s1. The van der Waals surface area contributed by atoms with E-state index in [2.05, 4.69) is 10.4 Å². The van der Waals surface area contributed by atoms with E-state index < -0.39 is 35.8 Å². The summed E-state index contributed by atoms with van der Waals surface area (Å²) in [5.74, 6) is -1.57. The fourth-order valence-corrected chi connectivity index (χ4v) is 2.68. The predicted octanol–water partition coefficient (Wildman–Crippen LogP) is 1.37. The molecule has 0 aliphatic carbocycles. The molecular formula is C17H18FN3O4S. The van der Waals surface area contributed by atoms with E-state index in [9.17, 15) is 18.8 Å². The quantitative estimate of drug-likeness (QED) is 0.718. The minimum Gasteiger partial charge on any atom is -0.480 e. The molecule has 0 aliphatic heterocycles. The molecule has 0 bridgehead atoms. The number of hydrogen-bond donors (Lipinski definition) is 2. The van der Waals surface area contributed by atoms with Crippen molar-refractivity contribution in [3.63, 3.8) is 0 Å². The molecule has 7 nitrogen and oxygen atoms in total. The van der Waals surface area contributed by atoms with Crippen LogP contribution in [0.2, 0.25) is 0 Å². The van der Waals surface area contributed by atoms with Crippen LogP contribution in [0.15, 0.2) is 41.2 Å². The lowest BCUT2D eigenvalue weighted by Gasteiger charge is -2.14. The maximum absolute atomic E-state index is 13.0. The molecule has 1 heterocycles. The van der Waals surface area contributed by atoms with Crippen LogP contribution < -0.4 is 10.9 Å². The third kappa shape index (κ3) is 5.41. The highest BCUT2D eigenvalue weighted by atomic mass is 32.2. The van der Waals surface area contributed by atoms with Gasteiger partial charge in [0.15, 0.2) is 0 Å². The average molecular weight is 379 g/mol. The minimum atomic E-state index is -1.13. The Labute approximate surface area is 153 Å². The number of amides is 1. The third-order valence-corrected chi connectivity index (χ3v) is 4.19. The number of carboxylic acids is 1. The topological polar surface area (TPSA) is 101 Å². The first kappa shape index (κ1) is 19.6. The van der Waals surface area contributed by atoms with Gasteiger partial charge in [-0.1, -0.05) is 0 Å². The number of nitrogens with one attached hydrogen (secondary N) is 1. The smallest absolute Gasteiger partial charge is 0.326 e. The fourth-order valence-electron chi connectivity index (χ4n) is 2.21. The second-order valence-electron chi connectivity index (χ2n) is 5.46. The first-order valence-corrected chi connectivity index (χ1v) is 9.15. The van der Waals surface area contributed by atoms with Crippen LogP contribution in [0.25, 0.3) is 11.3 Å². The van der Waals surface area contributed by atoms with Crippen molar-refractivity contribution in [3.8, 4) is 11.3 Å². The Hall–Kier alpha value is -2.68. The van der Waals surface area contributed by atoms with Crippen molar-refractivity contribution in [2.24, 2.45) is 0 Å². The van der Waals surface area contributed by atoms with Crippen LogP contribution in [0.3, 0.4) is 0 Å². The van der Waals surface area contributed by atoms with Crippen LogP contribution in [0, 0.1) is 5.82 Å². The van der Waals surface area contributed by atoms with Gasteiger partial charge in [-0.3, -0.25) is 9.59 Å². The number of carboxylic acid groups (broad SMARTS) is 1. The monoisotopic (exact) mass is 379 g/mol. The number of thioether (sulfide) groups is 1. The molecule has 0 radical (unpaired) electrons. The summed E-state index contributed by atoms with van der Waals surface area (Å²) in [6.45, 7) is -0.406. The summed E-state index contributed by atoms with van der Waals surface area (Å²) < 4.78 is 14.0. The summed E-state index contributed by atoms with van der Waals surface area (Å²) >= 11 is 1.47. The van der Waals surface area contributed by atoms with Crippen molar-refractivity contribution < 1.29 is 19.1 Å². The normalized spacial score (nSPS) is 11.8. The minimum absolute atomic E-state index is 0.278. The van der Waals surface area contributed by atoms with E-state index in [1.165, 1.54) is 48.2 Å². The van der Waals surface area contributed by atoms with Crippen molar-refractivity contribution in [1.29, 1.82) is 0 Å². The van der Waals surface area contributed by atoms with E-state index in [0.717, 1.165) is 4.68 Å². The van der Waals surface area contributed by atoms with Crippen LogP contribution in [0.5, 0.6) is 0 Å². The molecule has 9 heteroatoms. The Morgan fingerprint density at radius 2 is 1.96 bits per heavy atom. The van der Waals surface area contributed by atoms with Gasteiger partial charge in [-0.05, 0) is 48.8 Å². The number of carbonyl (C=O) groups is 2.